The molecule has 0 aliphatic rings. The maximum Gasteiger partial charge on any atom is 0.405 e. The monoisotopic (exact) mass is 330 g/mol. The van der Waals surface area contributed by atoms with Crippen molar-refractivity contribution >= 4 is 17.3 Å². The molecule has 3 atom stereocenters. The van der Waals surface area contributed by atoms with Crippen LogP contribution in [0.2, 0.25) is 0 Å². The van der Waals surface area contributed by atoms with E-state index in [1.165, 1.54) is 0 Å². The van der Waals surface area contributed by atoms with Gasteiger partial charge < -0.3 is 4.74 Å². The largest absolute Gasteiger partial charge is 0.468 e. The Morgan fingerprint density at radius 2 is 1.81 bits per heavy atom. The molecule has 1 aromatic carbocycles. The Labute approximate surface area is 119 Å². The van der Waals surface area contributed by atoms with Crippen LogP contribution in [0.5, 0.6) is 0 Å². The number of benzene rings is 1. The topological polar surface area (TPSA) is 72.8 Å². The van der Waals surface area contributed by atoms with Crippen molar-refractivity contribution in [3.05, 3.63) is 35.6 Å². The number of esters is 1. The molecular formula is C11H10F4O5S. The lowest BCUT2D eigenvalue weighted by Crippen LogP contribution is -2.38. The van der Waals surface area contributed by atoms with Gasteiger partial charge in [0, 0.05) is 0 Å². The van der Waals surface area contributed by atoms with Crippen molar-refractivity contribution in [2.24, 2.45) is 5.92 Å². The first-order valence-electron chi connectivity index (χ1n) is 5.34. The van der Waals surface area contributed by atoms with E-state index in [0.29, 0.717) is 0 Å². The van der Waals surface area contributed by atoms with E-state index in [1.807, 2.05) is 0 Å². The molecule has 1 N–H and O–H groups in total. The fourth-order valence-electron chi connectivity index (χ4n) is 1.60. The van der Waals surface area contributed by atoms with E-state index in [1.54, 1.807) is 0 Å². The van der Waals surface area contributed by atoms with Crippen LogP contribution in [0, 0.1) is 11.7 Å². The number of hydrogen-bond donors (Lipinski definition) is 1. The van der Waals surface area contributed by atoms with Gasteiger partial charge in [0.1, 0.15) is 11.9 Å². The number of carbonyl (C=O) groups excluding carboxylic acids is 1. The smallest absolute Gasteiger partial charge is 0.405 e. The molecule has 0 aromatic heterocycles. The average Bonchev–Trinajstić information content (AvgIpc) is 2.36. The van der Waals surface area contributed by atoms with Gasteiger partial charge in [-0.05, 0) is 17.7 Å². The molecule has 10 heteroatoms. The summed E-state index contributed by atoms with van der Waals surface area (Å²) in [6.45, 7) is 0. The van der Waals surface area contributed by atoms with Crippen LogP contribution in [0.25, 0.3) is 0 Å². The Balaban J connectivity index is 3.29. The average molecular weight is 330 g/mol. The van der Waals surface area contributed by atoms with Gasteiger partial charge in [-0.3, -0.25) is 13.5 Å². The molecule has 0 saturated carbocycles. The first-order chi connectivity index (χ1) is 9.66. The molecule has 0 bridgehead atoms. The van der Waals surface area contributed by atoms with Crippen molar-refractivity contribution in [3.63, 3.8) is 0 Å². The van der Waals surface area contributed by atoms with Crippen molar-refractivity contribution < 1.29 is 40.0 Å². The summed E-state index contributed by atoms with van der Waals surface area (Å²) < 4.78 is 79.4. The van der Waals surface area contributed by atoms with Crippen LogP contribution < -0.4 is 0 Å². The van der Waals surface area contributed by atoms with Crippen molar-refractivity contribution in [2.75, 3.05) is 7.11 Å². The van der Waals surface area contributed by atoms with Crippen LogP contribution in [0.3, 0.4) is 0 Å². The molecule has 118 valence electrons. The predicted octanol–water partition coefficient (Wildman–Crippen LogP) is 2.37. The van der Waals surface area contributed by atoms with E-state index >= 15 is 0 Å². The number of carbonyl (C=O) groups is 1. The summed E-state index contributed by atoms with van der Waals surface area (Å²) in [5, 5.41) is 0. The van der Waals surface area contributed by atoms with E-state index in [9.17, 15) is 26.6 Å². The zero-order valence-electron chi connectivity index (χ0n) is 10.5. The molecule has 0 fully saturated rings. The van der Waals surface area contributed by atoms with Gasteiger partial charge >= 0.3 is 23.5 Å². The molecule has 1 aromatic rings. The highest BCUT2D eigenvalue weighted by Gasteiger charge is 2.52. The van der Waals surface area contributed by atoms with Gasteiger partial charge in [-0.1, -0.05) is 12.1 Å². The number of rotatable bonds is 5. The fourth-order valence-corrected chi connectivity index (χ4v) is 2.00. The summed E-state index contributed by atoms with van der Waals surface area (Å²) in [5.74, 6) is -5.25. The Kier molecular flexibility index (Phi) is 5.81. The second-order valence-electron chi connectivity index (χ2n) is 3.83. The third kappa shape index (κ3) is 4.76. The second kappa shape index (κ2) is 6.96. The number of methoxy groups -OCH3 is 1. The van der Waals surface area contributed by atoms with Crippen molar-refractivity contribution in [1.82, 2.24) is 0 Å². The zero-order chi connectivity index (χ0) is 16.2. The normalized spacial score (nSPS) is 16.1. The molecule has 0 aliphatic carbocycles. The minimum atomic E-state index is -5.09. The second-order valence-corrected chi connectivity index (χ2v) is 4.45. The Bertz CT molecular complexity index is 516. The van der Waals surface area contributed by atoms with Crippen molar-refractivity contribution in [1.29, 1.82) is 0 Å². The molecule has 0 aliphatic heterocycles. The molecule has 5 nitrogen and oxygen atoms in total. The highest BCUT2D eigenvalue weighted by atomic mass is 32.2. The summed E-state index contributed by atoms with van der Waals surface area (Å²) in [4.78, 5) is 11.3. The molecule has 21 heavy (non-hydrogen) atoms. The van der Waals surface area contributed by atoms with Gasteiger partial charge in [0.25, 0.3) is 0 Å². The van der Waals surface area contributed by atoms with Gasteiger partial charge in [-0.2, -0.15) is 17.4 Å². The number of alkyl halides is 3. The van der Waals surface area contributed by atoms with Gasteiger partial charge in [-0.15, -0.1) is 0 Å². The fraction of sp³-hybridized carbons (Fsp3) is 0.364. The lowest BCUT2D eigenvalue weighted by Gasteiger charge is -2.25. The third-order valence-electron chi connectivity index (χ3n) is 2.50. The lowest BCUT2D eigenvalue weighted by molar-refractivity contribution is -0.211. The van der Waals surface area contributed by atoms with Gasteiger partial charge in [0.05, 0.1) is 7.11 Å². The van der Waals surface area contributed by atoms with Crippen molar-refractivity contribution in [3.8, 4) is 0 Å². The zero-order valence-corrected chi connectivity index (χ0v) is 11.3. The number of halogens is 4. The molecule has 1 rings (SSSR count). The maximum absolute atomic E-state index is 13.0. The van der Waals surface area contributed by atoms with Crippen LogP contribution in [0.15, 0.2) is 24.3 Å². The van der Waals surface area contributed by atoms with Gasteiger partial charge in [0.15, 0.2) is 5.92 Å². The summed E-state index contributed by atoms with van der Waals surface area (Å²) in [6.07, 6.45) is -7.24. The van der Waals surface area contributed by atoms with Crippen LogP contribution in [-0.4, -0.2) is 28.0 Å². The Morgan fingerprint density at radius 1 is 1.29 bits per heavy atom. The molecule has 0 saturated heterocycles. The minimum Gasteiger partial charge on any atom is -0.468 e. The first kappa shape index (κ1) is 17.5. The summed E-state index contributed by atoms with van der Waals surface area (Å²) >= 11 is -3.08. The quantitative estimate of drug-likeness (QED) is 0.510. The SMILES string of the molecule is COC(=O)C(C(OS(=O)O)c1ccc(F)cc1)C(F)(F)F. The van der Waals surface area contributed by atoms with Gasteiger partial charge in [-0.25, -0.2) is 4.39 Å². The van der Waals surface area contributed by atoms with Crippen LogP contribution in [-0.2, 0) is 25.1 Å². The maximum atomic E-state index is 13.0. The Hall–Kier alpha value is -1.52. The summed E-state index contributed by atoms with van der Waals surface area (Å²) in [5.41, 5.74) is -0.300. The molecule has 0 heterocycles. The number of hydrogen-bond acceptors (Lipinski definition) is 4. The molecule has 0 spiro atoms. The molecule has 0 radical (unpaired) electrons. The molecule has 3 unspecified atom stereocenters. The van der Waals surface area contributed by atoms with E-state index in [0.717, 1.165) is 31.4 Å². The lowest BCUT2D eigenvalue weighted by atomic mass is 9.95. The standard InChI is InChI=1S/C11H10F4O5S/c1-19-10(16)8(11(13,14)15)9(20-21(17)18)6-2-4-7(12)5-3-6/h2-5,8-9H,1H3,(H,17,18). The van der Waals surface area contributed by atoms with Crippen LogP contribution in [0.1, 0.15) is 11.7 Å². The van der Waals surface area contributed by atoms with E-state index in [4.69, 9.17) is 4.55 Å². The van der Waals surface area contributed by atoms with Crippen LogP contribution >= 0.6 is 0 Å². The van der Waals surface area contributed by atoms with E-state index in [-0.39, 0.29) is 5.56 Å². The summed E-state index contributed by atoms with van der Waals surface area (Å²) in [6, 6.07) is 3.48. The minimum absolute atomic E-state index is 0.300. The first-order valence-corrected chi connectivity index (χ1v) is 6.38. The number of ether oxygens (including phenoxy) is 1. The molecule has 0 amide bonds. The highest BCUT2D eigenvalue weighted by molar-refractivity contribution is 7.74. The van der Waals surface area contributed by atoms with Gasteiger partial charge in [0.2, 0.25) is 0 Å². The third-order valence-corrected chi connectivity index (χ3v) is 2.87. The van der Waals surface area contributed by atoms with E-state index < -0.39 is 41.3 Å². The highest BCUT2D eigenvalue weighted by Crippen LogP contribution is 2.39. The Morgan fingerprint density at radius 3 is 2.19 bits per heavy atom. The molecular weight excluding hydrogens is 320 g/mol. The predicted molar refractivity (Wildman–Crippen MR) is 62.6 cm³/mol. The van der Waals surface area contributed by atoms with E-state index in [2.05, 4.69) is 8.92 Å². The summed E-state index contributed by atoms with van der Waals surface area (Å²) in [7, 11) is 0.735. The van der Waals surface area contributed by atoms with Crippen molar-refractivity contribution in [2.45, 2.75) is 12.3 Å². The van der Waals surface area contributed by atoms with Crippen LogP contribution in [0.4, 0.5) is 17.6 Å².